The summed E-state index contributed by atoms with van der Waals surface area (Å²) in [5.41, 5.74) is 0.514. The Morgan fingerprint density at radius 3 is 1.84 bits per heavy atom. The molecule has 0 saturated heterocycles. The molecule has 0 spiro atoms. The summed E-state index contributed by atoms with van der Waals surface area (Å²) in [5, 5.41) is 0.107. The molecule has 19 heavy (non-hydrogen) atoms. The Kier molecular flexibility index (Phi) is 5.59. The third-order valence-electron chi connectivity index (χ3n) is 3.50. The summed E-state index contributed by atoms with van der Waals surface area (Å²) in [7, 11) is -5.34. The van der Waals surface area contributed by atoms with Gasteiger partial charge in [0, 0.05) is 0 Å². The molecule has 0 aliphatic rings. The fourth-order valence-corrected chi connectivity index (χ4v) is 2.61. The fraction of sp³-hybridized carbons (Fsp3) is 0.923. The van der Waals surface area contributed by atoms with Crippen LogP contribution in [0.15, 0.2) is 4.40 Å². The maximum atomic E-state index is 12.0. The van der Waals surface area contributed by atoms with Crippen molar-refractivity contribution < 1.29 is 12.8 Å². The predicted molar refractivity (Wildman–Crippen MR) is 84.9 cm³/mol. The summed E-state index contributed by atoms with van der Waals surface area (Å²) in [6.45, 7) is 17.7. The molecule has 4 nitrogen and oxygen atoms in total. The largest absolute Gasteiger partial charge is 0.411 e. The molecule has 0 saturated carbocycles. The minimum Gasteiger partial charge on any atom is -0.411 e. The van der Waals surface area contributed by atoms with Gasteiger partial charge in [-0.15, -0.1) is 0 Å². The van der Waals surface area contributed by atoms with E-state index in [9.17, 15) is 8.42 Å². The number of hydrogen-bond donors (Lipinski definition) is 0. The lowest BCUT2D eigenvalue weighted by Gasteiger charge is -2.36. The standard InChI is InChI=1S/C13H29NO3SSi/c1-11(14-18(15,16)12(2,3)4)10-17-19(8,9)13(5,6)7/h10H2,1-9H3/b14-11+. The van der Waals surface area contributed by atoms with Gasteiger partial charge in [0.2, 0.25) is 0 Å². The van der Waals surface area contributed by atoms with Crippen LogP contribution in [0.2, 0.25) is 18.1 Å². The first-order chi connectivity index (χ1) is 8.10. The first-order valence-corrected chi connectivity index (χ1v) is 10.9. The van der Waals surface area contributed by atoms with E-state index in [0.29, 0.717) is 5.71 Å². The maximum absolute atomic E-state index is 12.0. The number of rotatable bonds is 4. The molecule has 0 aromatic heterocycles. The average molecular weight is 308 g/mol. The summed E-state index contributed by atoms with van der Waals surface area (Å²) >= 11 is 0. The van der Waals surface area contributed by atoms with Crippen molar-refractivity contribution in [2.24, 2.45) is 4.40 Å². The molecule has 0 unspecified atom stereocenters. The first kappa shape index (κ1) is 18.8. The van der Waals surface area contributed by atoms with Crippen molar-refractivity contribution in [3.05, 3.63) is 0 Å². The van der Waals surface area contributed by atoms with E-state index in [4.69, 9.17) is 4.43 Å². The summed E-state index contributed by atoms with van der Waals surface area (Å²) in [4.78, 5) is 0. The number of nitrogens with zero attached hydrogens (tertiary/aromatic N) is 1. The monoisotopic (exact) mass is 307 g/mol. The van der Waals surface area contributed by atoms with Crippen LogP contribution in [0.25, 0.3) is 0 Å². The molecule has 6 heteroatoms. The van der Waals surface area contributed by atoms with Gasteiger partial charge in [0.1, 0.15) is 0 Å². The molecule has 0 aliphatic carbocycles. The summed E-state index contributed by atoms with van der Waals surface area (Å²) in [5.74, 6) is 0. The molecule has 0 heterocycles. The van der Waals surface area contributed by atoms with Crippen LogP contribution >= 0.6 is 0 Å². The third kappa shape index (κ3) is 5.36. The molecular weight excluding hydrogens is 278 g/mol. The smallest absolute Gasteiger partial charge is 0.258 e. The molecule has 0 aromatic rings. The van der Waals surface area contributed by atoms with Crippen LogP contribution < -0.4 is 0 Å². The molecule has 0 aliphatic heterocycles. The zero-order valence-corrected chi connectivity index (χ0v) is 15.6. The Labute approximate surface area is 119 Å². The van der Waals surface area contributed by atoms with Crippen LogP contribution in [0, 0.1) is 0 Å². The second-order valence-corrected chi connectivity index (χ2v) is 14.6. The highest BCUT2D eigenvalue weighted by Crippen LogP contribution is 2.36. The quantitative estimate of drug-likeness (QED) is 0.589. The van der Waals surface area contributed by atoms with E-state index < -0.39 is 23.1 Å². The van der Waals surface area contributed by atoms with Crippen molar-refractivity contribution in [2.45, 2.75) is 71.3 Å². The van der Waals surface area contributed by atoms with Crippen molar-refractivity contribution in [3.8, 4) is 0 Å². The van der Waals surface area contributed by atoms with Crippen molar-refractivity contribution in [3.63, 3.8) is 0 Å². The Balaban J connectivity index is 4.89. The van der Waals surface area contributed by atoms with Gasteiger partial charge in [-0.2, -0.15) is 4.40 Å². The lowest BCUT2D eigenvalue weighted by atomic mass is 10.2. The van der Waals surface area contributed by atoms with E-state index in [0.717, 1.165) is 0 Å². The first-order valence-electron chi connectivity index (χ1n) is 6.54. The van der Waals surface area contributed by atoms with E-state index >= 15 is 0 Å². The van der Waals surface area contributed by atoms with E-state index in [1.807, 2.05) is 0 Å². The van der Waals surface area contributed by atoms with Crippen LogP contribution in [0.4, 0.5) is 0 Å². The number of sulfonamides is 1. The molecule has 0 aromatic carbocycles. The Morgan fingerprint density at radius 1 is 1.11 bits per heavy atom. The minimum atomic E-state index is -3.48. The molecule has 0 radical (unpaired) electrons. The average Bonchev–Trinajstić information content (AvgIpc) is 2.10. The SMILES string of the molecule is C/C(CO[Si](C)(C)C(C)(C)C)=N\S(=O)(=O)C(C)(C)C. The predicted octanol–water partition coefficient (Wildman–Crippen LogP) is 3.60. The lowest BCUT2D eigenvalue weighted by Crippen LogP contribution is -2.42. The minimum absolute atomic E-state index is 0.107. The summed E-state index contributed by atoms with van der Waals surface area (Å²) in [6, 6.07) is 0. The van der Waals surface area contributed by atoms with E-state index in [-0.39, 0.29) is 11.6 Å². The Bertz CT molecular complexity index is 439. The molecule has 0 amide bonds. The molecule has 0 bridgehead atoms. The molecule has 114 valence electrons. The van der Waals surface area contributed by atoms with Crippen LogP contribution in [0.1, 0.15) is 48.5 Å². The van der Waals surface area contributed by atoms with Gasteiger partial charge in [-0.25, -0.2) is 8.42 Å². The molecule has 0 atom stereocenters. The van der Waals surface area contributed by atoms with Gasteiger partial charge in [-0.1, -0.05) is 20.8 Å². The lowest BCUT2D eigenvalue weighted by molar-refractivity contribution is 0.339. The van der Waals surface area contributed by atoms with Crippen LogP contribution in [0.5, 0.6) is 0 Å². The normalized spacial score (nSPS) is 15.7. The van der Waals surface area contributed by atoms with Crippen LogP contribution in [-0.2, 0) is 14.4 Å². The third-order valence-corrected chi connectivity index (χ3v) is 10.1. The summed E-state index contributed by atoms with van der Waals surface area (Å²) in [6.07, 6.45) is 0. The van der Waals surface area contributed by atoms with Gasteiger partial charge in [-0.3, -0.25) is 0 Å². The molecule has 0 rings (SSSR count). The van der Waals surface area contributed by atoms with Crippen LogP contribution in [0.3, 0.4) is 0 Å². The zero-order valence-electron chi connectivity index (χ0n) is 13.8. The van der Waals surface area contributed by atoms with Crippen molar-refractivity contribution in [2.75, 3.05) is 6.61 Å². The highest BCUT2D eigenvalue weighted by Gasteiger charge is 2.37. The van der Waals surface area contributed by atoms with Crippen molar-refractivity contribution in [1.29, 1.82) is 0 Å². The van der Waals surface area contributed by atoms with Crippen molar-refractivity contribution >= 4 is 24.1 Å². The Hall–Kier alpha value is -0.203. The van der Waals surface area contributed by atoms with E-state index in [2.05, 4.69) is 38.3 Å². The summed E-state index contributed by atoms with van der Waals surface area (Å²) < 4.78 is 32.8. The van der Waals surface area contributed by atoms with Crippen molar-refractivity contribution in [1.82, 2.24) is 0 Å². The van der Waals surface area contributed by atoms with E-state index in [1.54, 1.807) is 27.7 Å². The van der Waals surface area contributed by atoms with Gasteiger partial charge < -0.3 is 4.43 Å². The highest BCUT2D eigenvalue weighted by atomic mass is 32.2. The van der Waals surface area contributed by atoms with Gasteiger partial charge in [0.15, 0.2) is 8.32 Å². The molecular formula is C13H29NO3SSi. The van der Waals surface area contributed by atoms with Gasteiger partial charge in [0.25, 0.3) is 10.0 Å². The highest BCUT2D eigenvalue weighted by molar-refractivity contribution is 7.91. The fourth-order valence-electron chi connectivity index (χ4n) is 0.870. The van der Waals surface area contributed by atoms with E-state index in [1.165, 1.54) is 0 Å². The second-order valence-electron chi connectivity index (χ2n) is 7.46. The number of hydrogen-bond acceptors (Lipinski definition) is 3. The maximum Gasteiger partial charge on any atom is 0.258 e. The molecule has 0 N–H and O–H groups in total. The topological polar surface area (TPSA) is 55.7 Å². The van der Waals surface area contributed by atoms with Crippen LogP contribution in [-0.4, -0.2) is 33.8 Å². The zero-order chi connectivity index (χ0) is 15.7. The van der Waals surface area contributed by atoms with Gasteiger partial charge >= 0.3 is 0 Å². The molecule has 0 fully saturated rings. The van der Waals surface area contributed by atoms with Gasteiger partial charge in [-0.05, 0) is 45.8 Å². The van der Waals surface area contributed by atoms with Gasteiger partial charge in [0.05, 0.1) is 17.1 Å². The Morgan fingerprint density at radius 2 is 1.53 bits per heavy atom. The second kappa shape index (κ2) is 5.66.